The van der Waals surface area contributed by atoms with Gasteiger partial charge in [0.2, 0.25) is 0 Å². The van der Waals surface area contributed by atoms with Crippen LogP contribution in [0.2, 0.25) is 0 Å². The minimum Gasteiger partial charge on any atom is -0.508 e. The van der Waals surface area contributed by atoms with Gasteiger partial charge in [0.05, 0.1) is 6.04 Å². The first-order valence-electron chi connectivity index (χ1n) is 9.66. The van der Waals surface area contributed by atoms with Gasteiger partial charge in [-0.1, -0.05) is 13.3 Å². The van der Waals surface area contributed by atoms with Crippen LogP contribution in [-0.2, 0) is 4.79 Å². The number of piperidine rings is 2. The highest BCUT2D eigenvalue weighted by molar-refractivity contribution is 5.75. The van der Waals surface area contributed by atoms with Crippen molar-refractivity contribution in [1.82, 2.24) is 10.2 Å². The molecule has 134 valence electrons. The maximum Gasteiger partial charge on any atom is 0.321 e. The summed E-state index contributed by atoms with van der Waals surface area (Å²) in [4.78, 5) is 14.4. The first kappa shape index (κ1) is 15.5. The average Bonchev–Trinajstić information content (AvgIpc) is 2.91. The van der Waals surface area contributed by atoms with Gasteiger partial charge in [0, 0.05) is 30.6 Å². The van der Waals surface area contributed by atoms with Crippen molar-refractivity contribution in [2.24, 2.45) is 17.8 Å². The monoisotopic (exact) mass is 342 g/mol. The molecule has 25 heavy (non-hydrogen) atoms. The molecule has 4 heterocycles. The second kappa shape index (κ2) is 5.37. The third kappa shape index (κ3) is 2.14. The Kier molecular flexibility index (Phi) is 3.33. The molecule has 6 rings (SSSR count). The molecule has 7 atom stereocenters. The summed E-state index contributed by atoms with van der Waals surface area (Å²) in [6.07, 6.45) is 8.59. The van der Waals surface area contributed by atoms with Gasteiger partial charge >= 0.3 is 5.97 Å². The molecule has 0 spiro atoms. The minimum atomic E-state index is -0.700. The Morgan fingerprint density at radius 2 is 2.24 bits per heavy atom. The topological polar surface area (TPSA) is 72.8 Å². The summed E-state index contributed by atoms with van der Waals surface area (Å²) >= 11 is 0. The van der Waals surface area contributed by atoms with Crippen molar-refractivity contribution in [3.63, 3.8) is 0 Å². The molecule has 2 aliphatic carbocycles. The number of carboxylic acids is 1. The van der Waals surface area contributed by atoms with Crippen molar-refractivity contribution in [2.75, 3.05) is 6.54 Å². The zero-order valence-corrected chi connectivity index (χ0v) is 14.6. The lowest BCUT2D eigenvalue weighted by Crippen LogP contribution is -2.62. The first-order chi connectivity index (χ1) is 12.1. The lowest BCUT2D eigenvalue weighted by Gasteiger charge is -2.55. The molecule has 5 nitrogen and oxygen atoms in total. The fourth-order valence-corrected chi connectivity index (χ4v) is 6.24. The maximum atomic E-state index is 12.1. The predicted octanol–water partition coefficient (Wildman–Crippen LogP) is 2.58. The van der Waals surface area contributed by atoms with Gasteiger partial charge in [-0.25, -0.2) is 0 Å². The molecular formula is C20H26N2O3. The van der Waals surface area contributed by atoms with E-state index in [1.54, 1.807) is 0 Å². The number of aliphatic hydroxyl groups is 1. The summed E-state index contributed by atoms with van der Waals surface area (Å²) in [5.41, 5.74) is 3.59. The van der Waals surface area contributed by atoms with Crippen molar-refractivity contribution in [3.05, 3.63) is 34.8 Å². The second-order valence-electron chi connectivity index (χ2n) is 8.41. The number of aliphatic hydroxyl groups excluding tert-OH is 1. The third-order valence-corrected chi connectivity index (χ3v) is 7.19. The molecular weight excluding hydrogens is 316 g/mol. The van der Waals surface area contributed by atoms with Gasteiger partial charge in [0.15, 0.2) is 0 Å². The van der Waals surface area contributed by atoms with Gasteiger partial charge in [-0.2, -0.15) is 0 Å². The van der Waals surface area contributed by atoms with E-state index >= 15 is 0 Å². The first-order valence-corrected chi connectivity index (χ1v) is 9.66. The molecule has 0 radical (unpaired) electrons. The van der Waals surface area contributed by atoms with Gasteiger partial charge < -0.3 is 15.5 Å². The zero-order valence-electron chi connectivity index (χ0n) is 14.6. The van der Waals surface area contributed by atoms with Crippen molar-refractivity contribution in [3.8, 4) is 0 Å². The van der Waals surface area contributed by atoms with Gasteiger partial charge in [-0.15, -0.1) is 0 Å². The normalized spacial score (nSPS) is 44.3. The number of allylic oxidation sites excluding steroid dienone is 1. The smallest absolute Gasteiger partial charge is 0.321 e. The van der Waals surface area contributed by atoms with Crippen LogP contribution in [0.15, 0.2) is 34.8 Å². The van der Waals surface area contributed by atoms with Crippen LogP contribution in [0.25, 0.3) is 0 Å². The van der Waals surface area contributed by atoms with Crippen LogP contribution in [-0.4, -0.2) is 45.8 Å². The van der Waals surface area contributed by atoms with Gasteiger partial charge in [-0.3, -0.25) is 9.69 Å². The Labute approximate surface area is 148 Å². The third-order valence-electron chi connectivity index (χ3n) is 7.19. The highest BCUT2D eigenvalue weighted by Gasteiger charge is 2.54. The van der Waals surface area contributed by atoms with E-state index in [4.69, 9.17) is 0 Å². The molecule has 1 saturated carbocycles. The van der Waals surface area contributed by atoms with E-state index in [2.05, 4.69) is 17.1 Å². The molecule has 2 saturated heterocycles. The lowest BCUT2D eigenvalue weighted by atomic mass is 9.65. The number of nitrogens with one attached hydrogen (secondary N) is 1. The Bertz CT molecular complexity index is 722. The van der Waals surface area contributed by atoms with Crippen LogP contribution in [0, 0.1) is 17.8 Å². The van der Waals surface area contributed by atoms with Gasteiger partial charge in [-0.05, 0) is 54.4 Å². The lowest BCUT2D eigenvalue weighted by molar-refractivity contribution is -0.149. The van der Waals surface area contributed by atoms with Crippen LogP contribution in [0.4, 0.5) is 0 Å². The highest BCUT2D eigenvalue weighted by Crippen LogP contribution is 2.52. The van der Waals surface area contributed by atoms with Crippen LogP contribution in [0.1, 0.15) is 39.0 Å². The van der Waals surface area contributed by atoms with E-state index in [1.165, 1.54) is 24.1 Å². The maximum absolute atomic E-state index is 12.1. The molecule has 5 heteroatoms. The SMILES string of the molecule is CCC1CC2CC3C4=C(C[C@H](C(=O)O)N(C2)C13)C1=CC(O)=CCC1N4. The molecule has 0 aromatic heterocycles. The Morgan fingerprint density at radius 1 is 1.40 bits per heavy atom. The molecule has 4 bridgehead atoms. The van der Waals surface area contributed by atoms with Gasteiger partial charge in [0.1, 0.15) is 11.8 Å². The molecule has 6 aliphatic rings. The largest absolute Gasteiger partial charge is 0.508 e. The minimum absolute atomic E-state index is 0.211. The van der Waals surface area contributed by atoms with E-state index in [0.29, 0.717) is 36.0 Å². The number of fused-ring (bicyclic) bond motifs is 3. The summed E-state index contributed by atoms with van der Waals surface area (Å²) in [5.74, 6) is 1.24. The number of aliphatic carboxylic acids is 1. The number of nitrogens with zero attached hydrogens (tertiary/aromatic N) is 1. The Hall–Kier alpha value is -1.75. The van der Waals surface area contributed by atoms with Crippen LogP contribution in [0.5, 0.6) is 0 Å². The van der Waals surface area contributed by atoms with E-state index < -0.39 is 12.0 Å². The van der Waals surface area contributed by atoms with E-state index in [-0.39, 0.29) is 6.04 Å². The summed E-state index contributed by atoms with van der Waals surface area (Å²) in [6, 6.07) is 0.118. The average molecular weight is 342 g/mol. The molecule has 0 aromatic rings. The van der Waals surface area contributed by atoms with Crippen molar-refractivity contribution in [1.29, 1.82) is 0 Å². The van der Waals surface area contributed by atoms with Gasteiger partial charge in [0.25, 0.3) is 0 Å². The number of carbonyl (C=O) groups is 1. The van der Waals surface area contributed by atoms with Crippen LogP contribution in [0.3, 0.4) is 0 Å². The number of carboxylic acid groups (broad SMARTS) is 1. The van der Waals surface area contributed by atoms with Crippen molar-refractivity contribution < 1.29 is 15.0 Å². The fourth-order valence-electron chi connectivity index (χ4n) is 6.24. The standard InChI is InChI=1S/C20H26N2O3/c1-2-11-5-10-6-15-18-14(13-7-12(23)3-4-16(13)21-18)8-17(20(24)25)22(9-10)19(11)15/h3,7,10-11,15-17,19,21,23H,2,4-6,8-9H2,1H3,(H,24,25)/t10?,11?,15?,16?,17-,19?/m1/s1. The molecule has 3 fully saturated rings. The molecule has 6 unspecified atom stereocenters. The van der Waals surface area contributed by atoms with Crippen LogP contribution < -0.4 is 5.32 Å². The Morgan fingerprint density at radius 3 is 3.00 bits per heavy atom. The highest BCUT2D eigenvalue weighted by atomic mass is 16.4. The quantitative estimate of drug-likeness (QED) is 0.719. The molecule has 0 amide bonds. The second-order valence-corrected chi connectivity index (χ2v) is 8.41. The van der Waals surface area contributed by atoms with Crippen molar-refractivity contribution in [2.45, 2.75) is 57.2 Å². The van der Waals surface area contributed by atoms with E-state index in [1.807, 2.05) is 12.2 Å². The summed E-state index contributed by atoms with van der Waals surface area (Å²) in [6.45, 7) is 3.18. The number of rotatable bonds is 2. The van der Waals surface area contributed by atoms with Crippen molar-refractivity contribution >= 4 is 5.97 Å². The fraction of sp³-hybridized carbons (Fsp3) is 0.650. The Balaban J connectivity index is 1.63. The number of hydrogen-bond donors (Lipinski definition) is 3. The number of hydrogen-bond acceptors (Lipinski definition) is 4. The molecule has 3 N–H and O–H groups in total. The predicted molar refractivity (Wildman–Crippen MR) is 93.9 cm³/mol. The van der Waals surface area contributed by atoms with E-state index in [9.17, 15) is 15.0 Å². The molecule has 4 aliphatic heterocycles. The molecule has 0 aromatic carbocycles. The van der Waals surface area contributed by atoms with Crippen LogP contribution >= 0.6 is 0 Å². The summed E-state index contributed by atoms with van der Waals surface area (Å²) < 4.78 is 0. The summed E-state index contributed by atoms with van der Waals surface area (Å²) in [7, 11) is 0. The summed E-state index contributed by atoms with van der Waals surface area (Å²) in [5, 5.41) is 23.7. The zero-order chi connectivity index (χ0) is 17.3. The van der Waals surface area contributed by atoms with E-state index in [0.717, 1.165) is 25.0 Å².